The van der Waals surface area contributed by atoms with E-state index in [1.54, 1.807) is 7.11 Å². The first kappa shape index (κ1) is 15.8. The van der Waals surface area contributed by atoms with Crippen LogP contribution in [0.1, 0.15) is 5.56 Å². The van der Waals surface area contributed by atoms with Gasteiger partial charge in [0.15, 0.2) is 0 Å². The van der Waals surface area contributed by atoms with Gasteiger partial charge in [0.05, 0.1) is 35.2 Å². The predicted octanol–water partition coefficient (Wildman–Crippen LogP) is 5.09. The number of fused-ring (bicyclic) bond motifs is 1. The van der Waals surface area contributed by atoms with Crippen molar-refractivity contribution in [2.45, 2.75) is 6.54 Å². The van der Waals surface area contributed by atoms with Crippen molar-refractivity contribution >= 4 is 58.7 Å². The summed E-state index contributed by atoms with van der Waals surface area (Å²) in [5.74, 6) is 0.946. The number of aromatic hydroxyl groups is 1. The summed E-state index contributed by atoms with van der Waals surface area (Å²) in [5, 5.41) is 10.8. The van der Waals surface area contributed by atoms with Gasteiger partial charge in [0.25, 0.3) is 0 Å². The maximum Gasteiger partial charge on any atom is 0.144 e. The van der Waals surface area contributed by atoms with Crippen molar-refractivity contribution in [3.63, 3.8) is 0 Å². The van der Waals surface area contributed by atoms with Crippen LogP contribution in [0.2, 0.25) is 0 Å². The van der Waals surface area contributed by atoms with Crippen LogP contribution >= 0.6 is 47.8 Å². The van der Waals surface area contributed by atoms with Gasteiger partial charge in [-0.1, -0.05) is 18.2 Å². The summed E-state index contributed by atoms with van der Waals surface area (Å²) in [5.41, 5.74) is 1.84. The average molecular weight is 491 g/mol. The minimum Gasteiger partial charge on any atom is -0.506 e. The second kappa shape index (κ2) is 6.22. The van der Waals surface area contributed by atoms with Crippen molar-refractivity contribution in [2.75, 3.05) is 7.11 Å². The molecule has 1 N–H and O–H groups in total. The molecule has 2 aromatic heterocycles. The molecule has 22 heavy (non-hydrogen) atoms. The molecule has 0 saturated heterocycles. The van der Waals surface area contributed by atoms with Crippen molar-refractivity contribution in [3.05, 3.63) is 49.7 Å². The van der Waals surface area contributed by atoms with Crippen LogP contribution in [0.25, 0.3) is 10.9 Å². The van der Waals surface area contributed by atoms with Crippen molar-refractivity contribution in [2.24, 2.45) is 0 Å². The molecule has 0 saturated carbocycles. The molecule has 0 aliphatic heterocycles. The quantitative estimate of drug-likeness (QED) is 0.520. The fourth-order valence-corrected chi connectivity index (χ4v) is 4.02. The number of halogens is 3. The highest BCUT2D eigenvalue weighted by Gasteiger charge is 2.20. The van der Waals surface area contributed by atoms with Crippen LogP contribution in [-0.4, -0.2) is 21.8 Å². The van der Waals surface area contributed by atoms with Gasteiger partial charge in [0.2, 0.25) is 0 Å². The lowest BCUT2D eigenvalue weighted by Gasteiger charge is -2.12. The summed E-state index contributed by atoms with van der Waals surface area (Å²) >= 11 is 10.6. The van der Waals surface area contributed by atoms with Crippen LogP contribution in [0.15, 0.2) is 44.1 Å². The Morgan fingerprint density at radius 1 is 1.23 bits per heavy atom. The summed E-state index contributed by atoms with van der Waals surface area (Å²) in [6, 6.07) is 7.84. The van der Waals surface area contributed by atoms with E-state index in [-0.39, 0.29) is 5.75 Å². The number of hydrogen-bond donors (Lipinski definition) is 1. The summed E-state index contributed by atoms with van der Waals surface area (Å²) in [7, 11) is 1.65. The highest BCUT2D eigenvalue weighted by atomic mass is 79.9. The van der Waals surface area contributed by atoms with E-state index in [9.17, 15) is 5.11 Å². The fraction of sp³-hybridized carbons (Fsp3) is 0.133. The number of ether oxygens (including phenoxy) is 1. The molecule has 4 nitrogen and oxygen atoms in total. The van der Waals surface area contributed by atoms with E-state index in [1.165, 1.54) is 6.20 Å². The van der Waals surface area contributed by atoms with Crippen molar-refractivity contribution in [3.8, 4) is 11.5 Å². The smallest absolute Gasteiger partial charge is 0.144 e. The summed E-state index contributed by atoms with van der Waals surface area (Å²) < 4.78 is 9.72. The molecule has 0 aliphatic rings. The molecule has 3 rings (SSSR count). The lowest BCUT2D eigenvalue weighted by Crippen LogP contribution is -2.02. The molecule has 1 aromatic carbocycles. The Morgan fingerprint density at radius 2 is 1.95 bits per heavy atom. The zero-order valence-electron chi connectivity index (χ0n) is 11.5. The van der Waals surface area contributed by atoms with Gasteiger partial charge in [-0.3, -0.25) is 0 Å². The van der Waals surface area contributed by atoms with Crippen LogP contribution in [-0.2, 0) is 6.54 Å². The molecule has 0 unspecified atom stereocenters. The third-order valence-electron chi connectivity index (χ3n) is 3.42. The van der Waals surface area contributed by atoms with Crippen LogP contribution in [0.4, 0.5) is 0 Å². The SMILES string of the molecule is COc1ccccc1Cn1c(Br)c(Br)c2c(O)cnc(Br)c21. The van der Waals surface area contributed by atoms with E-state index >= 15 is 0 Å². The first-order valence-corrected chi connectivity index (χ1v) is 8.75. The molecule has 0 atom stereocenters. The summed E-state index contributed by atoms with van der Waals surface area (Å²) in [4.78, 5) is 4.18. The Labute approximate surface area is 152 Å². The standard InChI is InChI=1S/C15H11Br3N2O2/c1-22-10-5-3-2-4-8(10)7-20-13-11(12(16)15(20)18)9(21)6-19-14(13)17/h2-6,21H,7H2,1H3. The number of aromatic nitrogens is 2. The first-order valence-electron chi connectivity index (χ1n) is 6.37. The lowest BCUT2D eigenvalue weighted by molar-refractivity contribution is 0.408. The molecule has 7 heteroatoms. The lowest BCUT2D eigenvalue weighted by atomic mass is 10.2. The van der Waals surface area contributed by atoms with E-state index < -0.39 is 0 Å². The number of methoxy groups -OCH3 is 1. The Balaban J connectivity index is 2.23. The molecule has 0 aliphatic carbocycles. The number of hydrogen-bond acceptors (Lipinski definition) is 3. The Kier molecular flexibility index (Phi) is 4.47. The van der Waals surface area contributed by atoms with Gasteiger partial charge < -0.3 is 14.4 Å². The normalized spacial score (nSPS) is 11.1. The number of pyridine rings is 1. The van der Waals surface area contributed by atoms with E-state index in [4.69, 9.17) is 4.74 Å². The first-order chi connectivity index (χ1) is 10.5. The molecule has 2 heterocycles. The molecule has 0 fully saturated rings. The number of para-hydroxylation sites is 1. The van der Waals surface area contributed by atoms with Gasteiger partial charge in [-0.05, 0) is 53.9 Å². The van der Waals surface area contributed by atoms with E-state index in [0.717, 1.165) is 25.9 Å². The maximum absolute atomic E-state index is 10.1. The minimum atomic E-state index is 0.129. The van der Waals surface area contributed by atoms with Gasteiger partial charge in [-0.2, -0.15) is 0 Å². The third-order valence-corrected chi connectivity index (χ3v) is 6.13. The number of rotatable bonds is 3. The molecule has 0 spiro atoms. The molecular formula is C15H11Br3N2O2. The minimum absolute atomic E-state index is 0.129. The van der Waals surface area contributed by atoms with Crippen molar-refractivity contribution in [1.29, 1.82) is 0 Å². The molecular weight excluding hydrogens is 480 g/mol. The van der Waals surface area contributed by atoms with Gasteiger partial charge in [0.1, 0.15) is 20.7 Å². The number of nitrogens with zero attached hydrogens (tertiary/aromatic N) is 2. The maximum atomic E-state index is 10.1. The van der Waals surface area contributed by atoms with Gasteiger partial charge in [-0.25, -0.2) is 4.98 Å². The van der Waals surface area contributed by atoms with Crippen LogP contribution < -0.4 is 4.74 Å². The molecule has 3 aromatic rings. The predicted molar refractivity (Wildman–Crippen MR) is 96.6 cm³/mol. The van der Waals surface area contributed by atoms with Gasteiger partial charge >= 0.3 is 0 Å². The number of benzene rings is 1. The summed E-state index contributed by atoms with van der Waals surface area (Å²) in [6.45, 7) is 0.580. The molecule has 114 valence electrons. The van der Waals surface area contributed by atoms with Gasteiger partial charge in [-0.15, -0.1) is 0 Å². The van der Waals surface area contributed by atoms with E-state index in [2.05, 4.69) is 52.8 Å². The molecule has 0 radical (unpaired) electrons. The average Bonchev–Trinajstić information content (AvgIpc) is 2.78. The van der Waals surface area contributed by atoms with Crippen molar-refractivity contribution < 1.29 is 9.84 Å². The largest absolute Gasteiger partial charge is 0.506 e. The zero-order valence-corrected chi connectivity index (χ0v) is 16.2. The van der Waals surface area contributed by atoms with Crippen LogP contribution in [0.5, 0.6) is 11.5 Å². The Bertz CT molecular complexity index is 862. The second-order valence-corrected chi connectivity index (χ2v) is 6.96. The Hall–Kier alpha value is -1.05. The second-order valence-electron chi connectivity index (χ2n) is 4.66. The molecule has 0 bridgehead atoms. The van der Waals surface area contributed by atoms with Crippen LogP contribution in [0, 0.1) is 0 Å². The highest BCUT2D eigenvalue weighted by molar-refractivity contribution is 9.13. The van der Waals surface area contributed by atoms with E-state index in [1.807, 2.05) is 28.8 Å². The summed E-state index contributed by atoms with van der Waals surface area (Å²) in [6.07, 6.45) is 1.43. The van der Waals surface area contributed by atoms with Crippen LogP contribution in [0.3, 0.4) is 0 Å². The van der Waals surface area contributed by atoms with Gasteiger partial charge in [0, 0.05) is 5.56 Å². The van der Waals surface area contributed by atoms with Crippen molar-refractivity contribution in [1.82, 2.24) is 9.55 Å². The monoisotopic (exact) mass is 488 g/mol. The zero-order chi connectivity index (χ0) is 15.9. The fourth-order valence-electron chi connectivity index (χ4n) is 2.40. The van der Waals surface area contributed by atoms with E-state index in [0.29, 0.717) is 16.5 Å². The highest BCUT2D eigenvalue weighted by Crippen LogP contribution is 2.42. The third kappa shape index (κ3) is 2.55. The Morgan fingerprint density at radius 3 is 2.68 bits per heavy atom. The molecule has 0 amide bonds. The topological polar surface area (TPSA) is 47.3 Å².